The van der Waals surface area contributed by atoms with Crippen molar-refractivity contribution < 1.29 is 4.79 Å². The molecule has 0 aliphatic carbocycles. The highest BCUT2D eigenvalue weighted by molar-refractivity contribution is 5.94. The van der Waals surface area contributed by atoms with E-state index in [1.807, 2.05) is 13.8 Å². The molecule has 0 unspecified atom stereocenters. The van der Waals surface area contributed by atoms with Gasteiger partial charge in [-0.15, -0.1) is 6.42 Å². The van der Waals surface area contributed by atoms with Gasteiger partial charge >= 0.3 is 0 Å². The summed E-state index contributed by atoms with van der Waals surface area (Å²) in [5.41, 5.74) is -1.02. The first kappa shape index (κ1) is 13.0. The molecule has 4 nitrogen and oxygen atoms in total. The Morgan fingerprint density at radius 3 is 2.65 bits per heavy atom. The molecule has 0 fully saturated rings. The van der Waals surface area contributed by atoms with E-state index >= 15 is 0 Å². The average Bonchev–Trinajstić information content (AvgIpc) is 2.36. The van der Waals surface area contributed by atoms with Crippen LogP contribution >= 0.6 is 0 Å². The van der Waals surface area contributed by atoms with Crippen LogP contribution in [0.15, 0.2) is 23.1 Å². The van der Waals surface area contributed by atoms with E-state index in [0.717, 1.165) is 0 Å². The van der Waals surface area contributed by atoms with Gasteiger partial charge in [0, 0.05) is 6.20 Å². The van der Waals surface area contributed by atoms with Crippen molar-refractivity contribution in [3.05, 3.63) is 34.2 Å². The summed E-state index contributed by atoms with van der Waals surface area (Å²) in [5.74, 6) is 2.15. The number of hydrogen-bond acceptors (Lipinski definition) is 2. The van der Waals surface area contributed by atoms with E-state index in [4.69, 9.17) is 6.42 Å². The van der Waals surface area contributed by atoms with Gasteiger partial charge < -0.3 is 10.3 Å². The lowest BCUT2D eigenvalue weighted by Crippen LogP contribution is -2.47. The maximum atomic E-state index is 11.9. The molecule has 0 aromatic carbocycles. The van der Waals surface area contributed by atoms with Crippen molar-refractivity contribution in [2.24, 2.45) is 0 Å². The zero-order valence-corrected chi connectivity index (χ0v) is 10.0. The molecule has 0 spiro atoms. The van der Waals surface area contributed by atoms with Gasteiger partial charge in [-0.25, -0.2) is 0 Å². The van der Waals surface area contributed by atoms with Gasteiger partial charge in [-0.2, -0.15) is 0 Å². The fourth-order valence-corrected chi connectivity index (χ4v) is 1.55. The summed E-state index contributed by atoms with van der Waals surface area (Å²) in [7, 11) is 0. The number of rotatable bonds is 4. The Labute approximate surface area is 100 Å². The molecule has 1 heterocycles. The van der Waals surface area contributed by atoms with Crippen LogP contribution in [0.2, 0.25) is 0 Å². The number of nitrogens with one attached hydrogen (secondary N) is 2. The van der Waals surface area contributed by atoms with E-state index in [1.165, 1.54) is 12.3 Å². The van der Waals surface area contributed by atoms with E-state index in [-0.39, 0.29) is 5.56 Å². The smallest absolute Gasteiger partial charge is 0.260 e. The van der Waals surface area contributed by atoms with Crippen molar-refractivity contribution in [2.75, 3.05) is 0 Å². The van der Waals surface area contributed by atoms with Crippen molar-refractivity contribution in [1.82, 2.24) is 10.3 Å². The minimum absolute atomic E-state index is 0.0778. The summed E-state index contributed by atoms with van der Waals surface area (Å²) < 4.78 is 0. The van der Waals surface area contributed by atoms with Gasteiger partial charge in [-0.1, -0.05) is 19.8 Å². The van der Waals surface area contributed by atoms with Crippen molar-refractivity contribution in [3.8, 4) is 12.3 Å². The standard InChI is InChI=1S/C13H16N2O2/c1-4-13(5-2,6-3)15-12(17)10-8-7-9-14-11(10)16/h1,7-9H,5-6H2,2-3H3,(H,14,16)(H,15,17). The molecule has 0 atom stereocenters. The molecule has 0 saturated carbocycles. The molecule has 4 heteroatoms. The van der Waals surface area contributed by atoms with Gasteiger partial charge in [0.2, 0.25) is 0 Å². The molecule has 2 N–H and O–H groups in total. The maximum Gasteiger partial charge on any atom is 0.260 e. The lowest BCUT2D eigenvalue weighted by atomic mass is 9.93. The normalized spacial score (nSPS) is 10.6. The van der Waals surface area contributed by atoms with Crippen molar-refractivity contribution in [2.45, 2.75) is 32.2 Å². The number of H-pyrrole nitrogens is 1. The topological polar surface area (TPSA) is 62.0 Å². The van der Waals surface area contributed by atoms with Crippen LogP contribution in [0.25, 0.3) is 0 Å². The van der Waals surface area contributed by atoms with Gasteiger partial charge in [0.15, 0.2) is 0 Å². The molecular weight excluding hydrogens is 216 g/mol. The van der Waals surface area contributed by atoms with E-state index < -0.39 is 17.0 Å². The zero-order chi connectivity index (χ0) is 12.9. The average molecular weight is 232 g/mol. The molecule has 1 rings (SSSR count). The van der Waals surface area contributed by atoms with Gasteiger partial charge in [0.05, 0.1) is 0 Å². The van der Waals surface area contributed by atoms with E-state index in [1.54, 1.807) is 6.07 Å². The second-order valence-electron chi connectivity index (χ2n) is 3.80. The van der Waals surface area contributed by atoms with Crippen molar-refractivity contribution >= 4 is 5.91 Å². The molecule has 0 saturated heterocycles. The van der Waals surface area contributed by atoms with Gasteiger partial charge in [-0.05, 0) is 25.0 Å². The summed E-state index contributed by atoms with van der Waals surface area (Å²) >= 11 is 0. The van der Waals surface area contributed by atoms with E-state index in [9.17, 15) is 9.59 Å². The molecule has 17 heavy (non-hydrogen) atoms. The van der Waals surface area contributed by atoms with Gasteiger partial charge in [-0.3, -0.25) is 9.59 Å². The number of carbonyl (C=O) groups is 1. The SMILES string of the molecule is C#CC(CC)(CC)NC(=O)c1ccc[nH]c1=O. The first-order valence-electron chi connectivity index (χ1n) is 5.56. The highest BCUT2D eigenvalue weighted by Crippen LogP contribution is 2.14. The Kier molecular flexibility index (Phi) is 4.11. The Bertz CT molecular complexity index is 493. The first-order valence-corrected chi connectivity index (χ1v) is 5.56. The number of amides is 1. The third kappa shape index (κ3) is 2.76. The number of aromatic nitrogens is 1. The van der Waals surface area contributed by atoms with Crippen molar-refractivity contribution in [1.29, 1.82) is 0 Å². The zero-order valence-electron chi connectivity index (χ0n) is 10.0. The predicted molar refractivity (Wildman–Crippen MR) is 66.7 cm³/mol. The summed E-state index contributed by atoms with van der Waals surface area (Å²) in [4.78, 5) is 25.8. The Balaban J connectivity index is 2.98. The quantitative estimate of drug-likeness (QED) is 0.768. The highest BCUT2D eigenvalue weighted by Gasteiger charge is 2.26. The third-order valence-electron chi connectivity index (χ3n) is 2.90. The van der Waals surface area contributed by atoms with E-state index in [2.05, 4.69) is 16.2 Å². The largest absolute Gasteiger partial charge is 0.336 e. The summed E-state index contributed by atoms with van der Waals surface area (Å²) in [6.45, 7) is 3.80. The first-order chi connectivity index (χ1) is 8.08. The summed E-state index contributed by atoms with van der Waals surface area (Å²) in [5, 5.41) is 2.74. The lowest BCUT2D eigenvalue weighted by Gasteiger charge is -2.26. The third-order valence-corrected chi connectivity index (χ3v) is 2.90. The van der Waals surface area contributed by atoms with Crippen LogP contribution in [0.5, 0.6) is 0 Å². The van der Waals surface area contributed by atoms with Crippen LogP contribution in [-0.4, -0.2) is 16.4 Å². The van der Waals surface area contributed by atoms with Crippen LogP contribution in [0.4, 0.5) is 0 Å². The van der Waals surface area contributed by atoms with Gasteiger partial charge in [0.1, 0.15) is 11.1 Å². The predicted octanol–water partition coefficient (Wildman–Crippen LogP) is 1.30. The lowest BCUT2D eigenvalue weighted by molar-refractivity contribution is 0.0915. The Morgan fingerprint density at radius 2 is 2.18 bits per heavy atom. The second kappa shape index (κ2) is 5.35. The molecule has 90 valence electrons. The van der Waals surface area contributed by atoms with Crippen LogP contribution < -0.4 is 10.9 Å². The van der Waals surface area contributed by atoms with E-state index in [0.29, 0.717) is 12.8 Å². The molecule has 1 aromatic rings. The van der Waals surface area contributed by atoms with Crippen LogP contribution in [0.1, 0.15) is 37.0 Å². The van der Waals surface area contributed by atoms with Crippen LogP contribution in [0, 0.1) is 12.3 Å². The monoisotopic (exact) mass is 232 g/mol. The Hall–Kier alpha value is -2.02. The minimum atomic E-state index is -0.681. The second-order valence-corrected chi connectivity index (χ2v) is 3.80. The number of carbonyl (C=O) groups excluding carboxylic acids is 1. The molecular formula is C13H16N2O2. The number of aromatic amines is 1. The summed E-state index contributed by atoms with van der Waals surface area (Å²) in [6, 6.07) is 3.08. The number of terminal acetylenes is 1. The molecule has 1 amide bonds. The highest BCUT2D eigenvalue weighted by atomic mass is 16.2. The van der Waals surface area contributed by atoms with Crippen LogP contribution in [0.3, 0.4) is 0 Å². The molecule has 1 aromatic heterocycles. The number of pyridine rings is 1. The summed E-state index contributed by atoms with van der Waals surface area (Å²) in [6.07, 6.45) is 8.16. The maximum absolute atomic E-state index is 11.9. The molecule has 0 bridgehead atoms. The van der Waals surface area contributed by atoms with Crippen molar-refractivity contribution in [3.63, 3.8) is 0 Å². The Morgan fingerprint density at radius 1 is 1.53 bits per heavy atom. The van der Waals surface area contributed by atoms with Crippen LogP contribution in [-0.2, 0) is 0 Å². The fourth-order valence-electron chi connectivity index (χ4n) is 1.55. The molecule has 0 aliphatic rings. The minimum Gasteiger partial charge on any atom is -0.336 e. The number of hydrogen-bond donors (Lipinski definition) is 2. The van der Waals surface area contributed by atoms with Gasteiger partial charge in [0.25, 0.3) is 11.5 Å². The molecule has 0 aliphatic heterocycles. The fraction of sp³-hybridized carbons (Fsp3) is 0.385. The molecule has 0 radical (unpaired) electrons.